The molecule has 1 fully saturated rings. The molecule has 4 heteroatoms. The first-order chi connectivity index (χ1) is 7.65. The van der Waals surface area contributed by atoms with Crippen molar-refractivity contribution in [1.82, 2.24) is 4.98 Å². The molecular weight excluding hydrogens is 268 g/mol. The van der Waals surface area contributed by atoms with Crippen molar-refractivity contribution >= 4 is 15.9 Å². The number of aliphatic hydroxyl groups is 1. The number of halogens is 1. The Morgan fingerprint density at radius 2 is 2.19 bits per heavy atom. The molecule has 0 unspecified atom stereocenters. The quantitative estimate of drug-likeness (QED) is 0.861. The van der Waals surface area contributed by atoms with E-state index >= 15 is 0 Å². The molecule has 0 aromatic carbocycles. The molecule has 0 bridgehead atoms. The third kappa shape index (κ3) is 2.11. The molecule has 2 rings (SSSR count). The number of aromatic nitrogens is 1. The zero-order valence-corrected chi connectivity index (χ0v) is 10.4. The SMILES string of the molecule is N#CC1CCC(O)(c2ccncc2Br)CC1. The molecule has 0 radical (unpaired) electrons. The Balaban J connectivity index is 2.22. The van der Waals surface area contributed by atoms with Crippen LogP contribution in [0.5, 0.6) is 0 Å². The second-order valence-electron chi connectivity index (χ2n) is 4.29. The first-order valence-corrected chi connectivity index (χ1v) is 6.17. The molecule has 1 saturated carbocycles. The lowest BCUT2D eigenvalue weighted by Crippen LogP contribution is -2.31. The van der Waals surface area contributed by atoms with Crippen molar-refractivity contribution in [3.63, 3.8) is 0 Å². The van der Waals surface area contributed by atoms with Crippen molar-refractivity contribution in [2.45, 2.75) is 31.3 Å². The van der Waals surface area contributed by atoms with Crippen LogP contribution in [-0.2, 0) is 5.60 Å². The van der Waals surface area contributed by atoms with Gasteiger partial charge in [-0.1, -0.05) is 0 Å². The largest absolute Gasteiger partial charge is 0.385 e. The summed E-state index contributed by atoms with van der Waals surface area (Å²) in [6, 6.07) is 4.12. The molecule has 1 N–H and O–H groups in total. The summed E-state index contributed by atoms with van der Waals surface area (Å²) in [5.41, 5.74) is 0.0914. The van der Waals surface area contributed by atoms with Gasteiger partial charge in [0.1, 0.15) is 0 Å². The van der Waals surface area contributed by atoms with Gasteiger partial charge in [-0.2, -0.15) is 5.26 Å². The lowest BCUT2D eigenvalue weighted by atomic mass is 9.76. The van der Waals surface area contributed by atoms with E-state index in [1.165, 1.54) is 0 Å². The van der Waals surface area contributed by atoms with Crippen molar-refractivity contribution in [1.29, 1.82) is 5.26 Å². The fraction of sp³-hybridized carbons (Fsp3) is 0.500. The lowest BCUT2D eigenvalue weighted by Gasteiger charge is -2.34. The van der Waals surface area contributed by atoms with E-state index in [2.05, 4.69) is 27.0 Å². The van der Waals surface area contributed by atoms with E-state index in [-0.39, 0.29) is 5.92 Å². The van der Waals surface area contributed by atoms with Gasteiger partial charge >= 0.3 is 0 Å². The highest BCUT2D eigenvalue weighted by atomic mass is 79.9. The van der Waals surface area contributed by atoms with Crippen LogP contribution in [0.25, 0.3) is 0 Å². The Morgan fingerprint density at radius 1 is 1.50 bits per heavy atom. The second kappa shape index (κ2) is 4.52. The predicted molar refractivity (Wildman–Crippen MR) is 63.4 cm³/mol. The Hall–Kier alpha value is -0.920. The highest BCUT2D eigenvalue weighted by Gasteiger charge is 2.36. The first kappa shape index (κ1) is 11.6. The molecule has 1 aromatic heterocycles. The van der Waals surface area contributed by atoms with E-state index in [4.69, 9.17) is 5.26 Å². The van der Waals surface area contributed by atoms with Crippen LogP contribution < -0.4 is 0 Å². The van der Waals surface area contributed by atoms with Gasteiger partial charge in [-0.3, -0.25) is 4.98 Å². The van der Waals surface area contributed by atoms with E-state index in [1.54, 1.807) is 12.4 Å². The molecular formula is C12H13BrN2O. The van der Waals surface area contributed by atoms with E-state index < -0.39 is 5.60 Å². The summed E-state index contributed by atoms with van der Waals surface area (Å²) in [5.74, 6) is 0.0980. The minimum atomic E-state index is -0.797. The summed E-state index contributed by atoms with van der Waals surface area (Å²) in [6.45, 7) is 0. The van der Waals surface area contributed by atoms with Crippen LogP contribution in [-0.4, -0.2) is 10.1 Å². The number of hydrogen-bond acceptors (Lipinski definition) is 3. The average molecular weight is 281 g/mol. The van der Waals surface area contributed by atoms with Crippen molar-refractivity contribution in [3.8, 4) is 6.07 Å². The third-order valence-corrected chi connectivity index (χ3v) is 3.90. The third-order valence-electron chi connectivity index (χ3n) is 3.27. The van der Waals surface area contributed by atoms with Crippen LogP contribution in [0.4, 0.5) is 0 Å². The summed E-state index contributed by atoms with van der Waals surface area (Å²) in [6.07, 6.45) is 6.21. The normalized spacial score (nSPS) is 29.7. The molecule has 1 aliphatic carbocycles. The first-order valence-electron chi connectivity index (χ1n) is 5.38. The number of rotatable bonds is 1. The molecule has 16 heavy (non-hydrogen) atoms. The highest BCUT2D eigenvalue weighted by Crippen LogP contribution is 2.41. The summed E-state index contributed by atoms with van der Waals surface area (Å²) in [5, 5.41) is 19.4. The van der Waals surface area contributed by atoms with E-state index in [0.29, 0.717) is 12.8 Å². The van der Waals surface area contributed by atoms with Gasteiger partial charge in [0.05, 0.1) is 11.7 Å². The molecule has 3 nitrogen and oxygen atoms in total. The summed E-state index contributed by atoms with van der Waals surface area (Å²) in [4.78, 5) is 3.99. The van der Waals surface area contributed by atoms with Gasteiger partial charge < -0.3 is 5.11 Å². The lowest BCUT2D eigenvalue weighted by molar-refractivity contribution is -0.00881. The van der Waals surface area contributed by atoms with Crippen molar-refractivity contribution in [2.75, 3.05) is 0 Å². The average Bonchev–Trinajstić information content (AvgIpc) is 2.30. The maximum atomic E-state index is 10.6. The van der Waals surface area contributed by atoms with Gasteiger partial charge in [0, 0.05) is 28.3 Å². The maximum absolute atomic E-state index is 10.6. The van der Waals surface area contributed by atoms with Crippen molar-refractivity contribution < 1.29 is 5.11 Å². The van der Waals surface area contributed by atoms with E-state index in [9.17, 15) is 5.11 Å². The summed E-state index contributed by atoms with van der Waals surface area (Å²) < 4.78 is 0.841. The van der Waals surface area contributed by atoms with Gasteiger partial charge in [0.25, 0.3) is 0 Å². The van der Waals surface area contributed by atoms with Crippen LogP contribution in [0.1, 0.15) is 31.2 Å². The standard InChI is InChI=1S/C12H13BrN2O/c13-11-8-15-6-3-10(11)12(16)4-1-9(7-14)2-5-12/h3,6,8-9,16H,1-2,4-5H2. The Kier molecular flexibility index (Phi) is 3.27. The second-order valence-corrected chi connectivity index (χ2v) is 5.14. The molecule has 1 heterocycles. The fourth-order valence-corrected chi connectivity index (χ4v) is 2.87. The molecule has 0 aliphatic heterocycles. The molecule has 0 atom stereocenters. The number of nitrogens with zero attached hydrogens (tertiary/aromatic N) is 2. The zero-order valence-electron chi connectivity index (χ0n) is 8.86. The molecule has 0 spiro atoms. The van der Waals surface area contributed by atoms with Crippen molar-refractivity contribution in [3.05, 3.63) is 28.5 Å². The molecule has 84 valence electrons. The molecule has 1 aromatic rings. The van der Waals surface area contributed by atoms with Crippen LogP contribution in [0, 0.1) is 17.2 Å². The van der Waals surface area contributed by atoms with Crippen LogP contribution >= 0.6 is 15.9 Å². The Labute approximate surface area is 103 Å². The molecule has 0 saturated heterocycles. The number of hydrogen-bond donors (Lipinski definition) is 1. The Bertz CT molecular complexity index is 419. The summed E-state index contributed by atoms with van der Waals surface area (Å²) >= 11 is 3.41. The molecule has 1 aliphatic rings. The fourth-order valence-electron chi connectivity index (χ4n) is 2.25. The van der Waals surface area contributed by atoms with E-state index in [1.807, 2.05) is 6.07 Å². The van der Waals surface area contributed by atoms with E-state index in [0.717, 1.165) is 22.9 Å². The van der Waals surface area contributed by atoms with Gasteiger partial charge in [-0.15, -0.1) is 0 Å². The van der Waals surface area contributed by atoms with Crippen molar-refractivity contribution in [2.24, 2.45) is 5.92 Å². The number of nitriles is 1. The monoisotopic (exact) mass is 280 g/mol. The van der Waals surface area contributed by atoms with Gasteiger partial charge in [-0.25, -0.2) is 0 Å². The maximum Gasteiger partial charge on any atom is 0.0909 e. The Morgan fingerprint density at radius 3 is 2.75 bits per heavy atom. The van der Waals surface area contributed by atoms with Gasteiger partial charge in [-0.05, 0) is 47.7 Å². The number of pyridine rings is 1. The zero-order chi connectivity index (χ0) is 11.6. The van der Waals surface area contributed by atoms with Crippen LogP contribution in [0.2, 0.25) is 0 Å². The highest BCUT2D eigenvalue weighted by molar-refractivity contribution is 9.10. The van der Waals surface area contributed by atoms with Crippen LogP contribution in [0.15, 0.2) is 22.9 Å². The summed E-state index contributed by atoms with van der Waals surface area (Å²) in [7, 11) is 0. The van der Waals surface area contributed by atoms with Crippen LogP contribution in [0.3, 0.4) is 0 Å². The topological polar surface area (TPSA) is 56.9 Å². The van der Waals surface area contributed by atoms with Gasteiger partial charge in [0.2, 0.25) is 0 Å². The smallest absolute Gasteiger partial charge is 0.0909 e. The van der Waals surface area contributed by atoms with Gasteiger partial charge in [0.15, 0.2) is 0 Å². The molecule has 0 amide bonds. The minimum absolute atomic E-state index is 0.0980. The predicted octanol–water partition coefficient (Wildman–Crippen LogP) is 2.75. The minimum Gasteiger partial charge on any atom is -0.385 e.